The van der Waals surface area contributed by atoms with Crippen molar-refractivity contribution in [3.63, 3.8) is 0 Å². The van der Waals surface area contributed by atoms with Gasteiger partial charge in [-0.05, 0) is 49.2 Å². The minimum absolute atomic E-state index is 0.357. The predicted molar refractivity (Wildman–Crippen MR) is 153 cm³/mol. The van der Waals surface area contributed by atoms with Gasteiger partial charge in [0.2, 0.25) is 0 Å². The van der Waals surface area contributed by atoms with Gasteiger partial charge in [0, 0.05) is 11.5 Å². The average Bonchev–Trinajstić information content (AvgIpc) is 2.95. The number of carbonyl (C=O) groups excluding carboxylic acids is 1. The summed E-state index contributed by atoms with van der Waals surface area (Å²) >= 11 is 0. The molecule has 5 nitrogen and oxygen atoms in total. The van der Waals surface area contributed by atoms with E-state index in [1.54, 1.807) is 24.3 Å². The van der Waals surface area contributed by atoms with Crippen LogP contribution in [0.25, 0.3) is 0 Å². The van der Waals surface area contributed by atoms with E-state index in [0.29, 0.717) is 23.8 Å². The van der Waals surface area contributed by atoms with Crippen LogP contribution >= 0.6 is 0 Å². The fourth-order valence-electron chi connectivity index (χ4n) is 4.73. The normalized spacial score (nSPS) is 17.3. The molecule has 1 aliphatic heterocycles. The van der Waals surface area contributed by atoms with Crippen LogP contribution in [0.4, 0.5) is 0 Å². The number of ether oxygens (including phenoxy) is 4. The van der Waals surface area contributed by atoms with Crippen molar-refractivity contribution in [3.05, 3.63) is 59.7 Å². The van der Waals surface area contributed by atoms with E-state index in [9.17, 15) is 4.79 Å². The van der Waals surface area contributed by atoms with Crippen molar-refractivity contribution in [1.29, 1.82) is 0 Å². The van der Waals surface area contributed by atoms with Crippen molar-refractivity contribution in [2.24, 2.45) is 5.92 Å². The standard InChI is InChI=1S/C33H48O5/c1-3-5-7-9-10-11-12-13-15-27-25-36-33(37-26-27)29-18-22-31(23-19-29)38-32(34)28-16-20-30(21-17-28)35-24-14-8-6-4-2/h16-23,27,33H,3-15,24-26H2,1-2H3/t27-,33-. The molecule has 38 heavy (non-hydrogen) atoms. The van der Waals surface area contributed by atoms with E-state index >= 15 is 0 Å². The maximum Gasteiger partial charge on any atom is 0.343 e. The molecule has 1 aliphatic rings. The van der Waals surface area contributed by atoms with Crippen molar-refractivity contribution < 1.29 is 23.7 Å². The Morgan fingerprint density at radius 2 is 1.26 bits per heavy atom. The van der Waals surface area contributed by atoms with Gasteiger partial charge in [0.15, 0.2) is 6.29 Å². The monoisotopic (exact) mass is 524 g/mol. The molecule has 0 aromatic heterocycles. The number of hydrogen-bond acceptors (Lipinski definition) is 5. The van der Waals surface area contributed by atoms with Crippen molar-refractivity contribution in [2.45, 2.75) is 104 Å². The molecule has 0 amide bonds. The molecule has 0 saturated carbocycles. The molecule has 3 rings (SSSR count). The summed E-state index contributed by atoms with van der Waals surface area (Å²) in [5.41, 5.74) is 1.43. The Kier molecular flexibility index (Phi) is 14.3. The molecule has 0 unspecified atom stereocenters. The predicted octanol–water partition coefficient (Wildman–Crippen LogP) is 9.06. The molecule has 0 atom stereocenters. The SMILES string of the molecule is CCCCCCCCCC[C@H]1CO[C@H](c2ccc(OC(=O)c3ccc(OCCCCCC)cc3)cc2)OC1. The largest absolute Gasteiger partial charge is 0.494 e. The fourth-order valence-corrected chi connectivity index (χ4v) is 4.73. The summed E-state index contributed by atoms with van der Waals surface area (Å²) < 4.78 is 23.3. The molecule has 5 heteroatoms. The maximum absolute atomic E-state index is 12.6. The van der Waals surface area contributed by atoms with Gasteiger partial charge in [-0.15, -0.1) is 0 Å². The van der Waals surface area contributed by atoms with E-state index < -0.39 is 0 Å². The van der Waals surface area contributed by atoms with Gasteiger partial charge in [0.25, 0.3) is 0 Å². The molecule has 0 bridgehead atoms. The summed E-state index contributed by atoms with van der Waals surface area (Å²) in [5.74, 6) is 1.36. The van der Waals surface area contributed by atoms with Crippen LogP contribution in [0, 0.1) is 5.92 Å². The molecule has 0 spiro atoms. The van der Waals surface area contributed by atoms with E-state index in [4.69, 9.17) is 18.9 Å². The van der Waals surface area contributed by atoms with Crippen LogP contribution < -0.4 is 9.47 Å². The van der Waals surface area contributed by atoms with Gasteiger partial charge < -0.3 is 18.9 Å². The molecule has 1 heterocycles. The zero-order chi connectivity index (χ0) is 26.8. The van der Waals surface area contributed by atoms with E-state index in [-0.39, 0.29) is 12.3 Å². The smallest absolute Gasteiger partial charge is 0.343 e. The first-order valence-corrected chi connectivity index (χ1v) is 15.0. The van der Waals surface area contributed by atoms with E-state index in [1.165, 1.54) is 77.0 Å². The summed E-state index contributed by atoms with van der Waals surface area (Å²) in [6, 6.07) is 14.5. The summed E-state index contributed by atoms with van der Waals surface area (Å²) in [6.07, 6.45) is 16.2. The lowest BCUT2D eigenvalue weighted by Gasteiger charge is -2.29. The van der Waals surface area contributed by atoms with Gasteiger partial charge >= 0.3 is 5.97 Å². The third-order valence-corrected chi connectivity index (χ3v) is 7.15. The van der Waals surface area contributed by atoms with Crippen LogP contribution in [-0.2, 0) is 9.47 Å². The summed E-state index contributed by atoms with van der Waals surface area (Å²) in [7, 11) is 0. The third-order valence-electron chi connectivity index (χ3n) is 7.15. The van der Waals surface area contributed by atoms with E-state index in [1.807, 2.05) is 24.3 Å². The Balaban J connectivity index is 1.32. The van der Waals surface area contributed by atoms with Crippen LogP contribution in [0.3, 0.4) is 0 Å². The molecule has 2 aromatic carbocycles. The third kappa shape index (κ3) is 11.2. The van der Waals surface area contributed by atoms with E-state index in [2.05, 4.69) is 13.8 Å². The highest BCUT2D eigenvalue weighted by atomic mass is 16.7. The second-order valence-corrected chi connectivity index (χ2v) is 10.5. The lowest BCUT2D eigenvalue weighted by atomic mass is 10.0. The van der Waals surface area contributed by atoms with Gasteiger partial charge in [0.1, 0.15) is 11.5 Å². The quantitative estimate of drug-likeness (QED) is 0.111. The zero-order valence-corrected chi connectivity index (χ0v) is 23.6. The first-order chi connectivity index (χ1) is 18.7. The second kappa shape index (κ2) is 18.0. The fraction of sp³-hybridized carbons (Fsp3) is 0.606. The van der Waals surface area contributed by atoms with Crippen molar-refractivity contribution >= 4 is 5.97 Å². The minimum Gasteiger partial charge on any atom is -0.494 e. The zero-order valence-electron chi connectivity index (χ0n) is 23.6. The lowest BCUT2D eigenvalue weighted by molar-refractivity contribution is -0.206. The van der Waals surface area contributed by atoms with Crippen LogP contribution in [0.2, 0.25) is 0 Å². The first kappa shape index (κ1) is 30.2. The van der Waals surface area contributed by atoms with Crippen molar-refractivity contribution in [2.75, 3.05) is 19.8 Å². The molecule has 210 valence electrons. The number of rotatable bonds is 18. The minimum atomic E-state index is -0.388. The summed E-state index contributed by atoms with van der Waals surface area (Å²) in [5, 5.41) is 0. The number of hydrogen-bond donors (Lipinski definition) is 0. The lowest BCUT2D eigenvalue weighted by Crippen LogP contribution is -2.27. The highest BCUT2D eigenvalue weighted by Crippen LogP contribution is 2.29. The van der Waals surface area contributed by atoms with Crippen LogP contribution in [0.5, 0.6) is 11.5 Å². The molecular formula is C33H48O5. The summed E-state index contributed by atoms with van der Waals surface area (Å²) in [6.45, 7) is 6.62. The maximum atomic E-state index is 12.6. The number of esters is 1. The highest BCUT2D eigenvalue weighted by molar-refractivity contribution is 5.91. The Bertz CT molecular complexity index is 885. The molecule has 2 aromatic rings. The number of benzene rings is 2. The number of unbranched alkanes of at least 4 members (excludes halogenated alkanes) is 10. The Morgan fingerprint density at radius 1 is 0.711 bits per heavy atom. The van der Waals surface area contributed by atoms with Gasteiger partial charge in [-0.25, -0.2) is 4.79 Å². The highest BCUT2D eigenvalue weighted by Gasteiger charge is 2.23. The Labute approximate surface area is 230 Å². The van der Waals surface area contributed by atoms with Crippen molar-refractivity contribution in [3.8, 4) is 11.5 Å². The Morgan fingerprint density at radius 3 is 1.89 bits per heavy atom. The Hall–Kier alpha value is -2.37. The van der Waals surface area contributed by atoms with E-state index in [0.717, 1.165) is 30.9 Å². The van der Waals surface area contributed by atoms with Crippen LogP contribution in [-0.4, -0.2) is 25.8 Å². The molecule has 0 N–H and O–H groups in total. The van der Waals surface area contributed by atoms with Gasteiger partial charge in [-0.1, -0.05) is 96.6 Å². The van der Waals surface area contributed by atoms with Gasteiger partial charge in [-0.3, -0.25) is 0 Å². The van der Waals surface area contributed by atoms with Crippen molar-refractivity contribution in [1.82, 2.24) is 0 Å². The van der Waals surface area contributed by atoms with Crippen LogP contribution in [0.15, 0.2) is 48.5 Å². The average molecular weight is 525 g/mol. The topological polar surface area (TPSA) is 54.0 Å². The molecule has 1 fully saturated rings. The van der Waals surface area contributed by atoms with Gasteiger partial charge in [0.05, 0.1) is 25.4 Å². The molecule has 1 saturated heterocycles. The van der Waals surface area contributed by atoms with Gasteiger partial charge in [-0.2, -0.15) is 0 Å². The van der Waals surface area contributed by atoms with Crippen LogP contribution in [0.1, 0.15) is 120 Å². The molecular weight excluding hydrogens is 476 g/mol. The second-order valence-electron chi connectivity index (χ2n) is 10.5. The first-order valence-electron chi connectivity index (χ1n) is 15.0. The summed E-state index contributed by atoms with van der Waals surface area (Å²) in [4.78, 5) is 12.6. The number of carbonyl (C=O) groups is 1. The molecule has 0 radical (unpaired) electrons. The molecule has 0 aliphatic carbocycles.